The van der Waals surface area contributed by atoms with Crippen LogP contribution in [0.3, 0.4) is 0 Å². The highest BCUT2D eigenvalue weighted by atomic mass is 28.4. The van der Waals surface area contributed by atoms with Gasteiger partial charge in [-0.15, -0.1) is 6.58 Å². The van der Waals surface area contributed by atoms with E-state index in [9.17, 15) is 0 Å². The minimum absolute atomic E-state index is 0.0866. The van der Waals surface area contributed by atoms with Crippen LogP contribution >= 0.6 is 0 Å². The first-order valence-corrected chi connectivity index (χ1v) is 9.60. The summed E-state index contributed by atoms with van der Waals surface area (Å²) < 4.78 is 6.36. The molecule has 0 aromatic heterocycles. The van der Waals surface area contributed by atoms with Gasteiger partial charge in [0.25, 0.3) is 0 Å². The van der Waals surface area contributed by atoms with Crippen molar-refractivity contribution in [3.8, 4) is 0 Å². The molecule has 0 amide bonds. The molecule has 1 rings (SSSR count). The van der Waals surface area contributed by atoms with Gasteiger partial charge in [-0.25, -0.2) is 0 Å². The zero-order chi connectivity index (χ0) is 12.2. The average molecular weight is 238 g/mol. The minimum Gasteiger partial charge on any atom is -0.411 e. The van der Waals surface area contributed by atoms with Crippen molar-refractivity contribution in [1.82, 2.24) is 0 Å². The van der Waals surface area contributed by atoms with E-state index in [1.54, 1.807) is 0 Å². The van der Waals surface area contributed by atoms with E-state index in [2.05, 4.69) is 39.9 Å². The molecule has 0 saturated carbocycles. The van der Waals surface area contributed by atoms with Gasteiger partial charge in [0.05, 0.1) is 5.60 Å². The summed E-state index contributed by atoms with van der Waals surface area (Å²) in [6.45, 7) is 13.0. The Kier molecular flexibility index (Phi) is 4.81. The number of hydrogen-bond donors (Lipinski definition) is 0. The Morgan fingerprint density at radius 2 is 2.12 bits per heavy atom. The SMILES string of the molecule is C=C(C)C[C@@]1(CCCCC)[C]C[Si](C)(C)O1. The van der Waals surface area contributed by atoms with Crippen molar-refractivity contribution >= 4 is 8.32 Å². The van der Waals surface area contributed by atoms with Gasteiger partial charge in [-0.3, -0.25) is 0 Å². The van der Waals surface area contributed by atoms with E-state index in [1.807, 2.05) is 0 Å². The lowest BCUT2D eigenvalue weighted by molar-refractivity contribution is 0.104. The van der Waals surface area contributed by atoms with Gasteiger partial charge in [-0.05, 0) is 38.9 Å². The monoisotopic (exact) mass is 238 g/mol. The molecule has 1 fully saturated rings. The summed E-state index contributed by atoms with van der Waals surface area (Å²) >= 11 is 0. The third kappa shape index (κ3) is 4.06. The zero-order valence-electron chi connectivity index (χ0n) is 11.4. The Morgan fingerprint density at radius 1 is 1.44 bits per heavy atom. The van der Waals surface area contributed by atoms with Crippen LogP contribution in [0.2, 0.25) is 19.1 Å². The fourth-order valence-electron chi connectivity index (χ4n) is 2.45. The van der Waals surface area contributed by atoms with Crippen molar-refractivity contribution in [3.63, 3.8) is 0 Å². The molecule has 16 heavy (non-hydrogen) atoms. The van der Waals surface area contributed by atoms with E-state index in [0.29, 0.717) is 0 Å². The molecular formula is C14H26OSi. The first kappa shape index (κ1) is 14.0. The minimum atomic E-state index is -1.45. The third-order valence-corrected chi connectivity index (χ3v) is 5.05. The molecule has 2 heteroatoms. The fraction of sp³-hybridized carbons (Fsp3) is 0.786. The summed E-state index contributed by atoms with van der Waals surface area (Å²) in [6, 6.07) is 1.08. The highest BCUT2D eigenvalue weighted by Crippen LogP contribution is 2.42. The average Bonchev–Trinajstić information content (AvgIpc) is 2.41. The highest BCUT2D eigenvalue weighted by Gasteiger charge is 2.45. The van der Waals surface area contributed by atoms with Crippen LogP contribution in [0, 0.1) is 6.42 Å². The molecule has 0 bridgehead atoms. The van der Waals surface area contributed by atoms with Crippen LogP contribution in [0.25, 0.3) is 0 Å². The molecule has 2 radical (unpaired) electrons. The van der Waals surface area contributed by atoms with Crippen LogP contribution in [0.1, 0.15) is 46.0 Å². The maximum absolute atomic E-state index is 6.36. The van der Waals surface area contributed by atoms with E-state index in [1.165, 1.54) is 24.8 Å². The smallest absolute Gasteiger partial charge is 0.188 e. The molecule has 1 aliphatic heterocycles. The summed E-state index contributed by atoms with van der Waals surface area (Å²) in [6.07, 6.45) is 9.54. The molecule has 1 saturated heterocycles. The topological polar surface area (TPSA) is 9.23 Å². The summed E-state index contributed by atoms with van der Waals surface area (Å²) in [5.74, 6) is 0. The fourth-order valence-corrected chi connectivity index (χ4v) is 4.57. The van der Waals surface area contributed by atoms with Crippen molar-refractivity contribution < 1.29 is 4.43 Å². The van der Waals surface area contributed by atoms with Crippen molar-refractivity contribution in [3.05, 3.63) is 18.6 Å². The van der Waals surface area contributed by atoms with E-state index in [0.717, 1.165) is 18.9 Å². The van der Waals surface area contributed by atoms with Gasteiger partial charge >= 0.3 is 0 Å². The van der Waals surface area contributed by atoms with Gasteiger partial charge in [0.1, 0.15) is 0 Å². The molecule has 0 aromatic carbocycles. The van der Waals surface area contributed by atoms with Crippen LogP contribution in [0.4, 0.5) is 0 Å². The Balaban J connectivity index is 2.59. The van der Waals surface area contributed by atoms with Gasteiger partial charge < -0.3 is 4.43 Å². The van der Waals surface area contributed by atoms with E-state index in [-0.39, 0.29) is 5.60 Å². The predicted molar refractivity (Wildman–Crippen MR) is 72.9 cm³/mol. The van der Waals surface area contributed by atoms with E-state index < -0.39 is 8.32 Å². The second-order valence-corrected chi connectivity index (χ2v) is 9.88. The Labute approximate surface area is 102 Å². The summed E-state index contributed by atoms with van der Waals surface area (Å²) in [5.41, 5.74) is 1.13. The molecule has 0 spiro atoms. The molecule has 0 N–H and O–H groups in total. The van der Waals surface area contributed by atoms with Crippen molar-refractivity contribution in [2.24, 2.45) is 0 Å². The number of unbranched alkanes of at least 4 members (excludes halogenated alkanes) is 2. The molecule has 0 unspecified atom stereocenters. The van der Waals surface area contributed by atoms with Gasteiger partial charge in [0, 0.05) is 6.42 Å². The van der Waals surface area contributed by atoms with Gasteiger partial charge in [-0.2, -0.15) is 0 Å². The normalized spacial score (nSPS) is 28.2. The van der Waals surface area contributed by atoms with Crippen molar-refractivity contribution in [1.29, 1.82) is 0 Å². The summed E-state index contributed by atoms with van der Waals surface area (Å²) in [4.78, 5) is 0. The molecule has 1 atom stereocenters. The number of hydrogen-bond acceptors (Lipinski definition) is 1. The van der Waals surface area contributed by atoms with Crippen LogP contribution in [0.15, 0.2) is 12.2 Å². The quantitative estimate of drug-likeness (QED) is 0.374. The van der Waals surface area contributed by atoms with E-state index >= 15 is 0 Å². The maximum atomic E-state index is 6.36. The molecular weight excluding hydrogens is 212 g/mol. The third-order valence-electron chi connectivity index (χ3n) is 3.08. The second-order valence-electron chi connectivity index (χ2n) is 5.80. The molecule has 92 valence electrons. The Bertz CT molecular complexity index is 247. The Hall–Kier alpha value is -0.0831. The van der Waals surface area contributed by atoms with Gasteiger partial charge in [0.2, 0.25) is 0 Å². The lowest BCUT2D eigenvalue weighted by Gasteiger charge is -2.32. The van der Waals surface area contributed by atoms with Crippen LogP contribution in [-0.4, -0.2) is 13.9 Å². The van der Waals surface area contributed by atoms with Crippen molar-refractivity contribution in [2.45, 2.75) is 70.7 Å². The van der Waals surface area contributed by atoms with Crippen LogP contribution < -0.4 is 0 Å². The molecule has 1 heterocycles. The standard InChI is InChI=1S/C14H26OSi/c1-6-7-8-9-14(12-13(2)3)10-11-16(4,5)15-14/h2,6-9,11-12H2,1,3-5H3/t14-/m1/s1. The highest BCUT2D eigenvalue weighted by molar-refractivity contribution is 6.72. The van der Waals surface area contributed by atoms with Crippen LogP contribution in [-0.2, 0) is 4.43 Å². The Morgan fingerprint density at radius 3 is 2.56 bits per heavy atom. The second kappa shape index (κ2) is 5.50. The molecule has 0 aromatic rings. The first-order chi connectivity index (χ1) is 7.39. The molecule has 0 aliphatic carbocycles. The largest absolute Gasteiger partial charge is 0.411 e. The number of rotatable bonds is 6. The lowest BCUT2D eigenvalue weighted by atomic mass is 9.87. The lowest BCUT2D eigenvalue weighted by Crippen LogP contribution is -2.35. The van der Waals surface area contributed by atoms with Gasteiger partial charge in [-0.1, -0.05) is 31.8 Å². The van der Waals surface area contributed by atoms with Crippen molar-refractivity contribution in [2.75, 3.05) is 0 Å². The predicted octanol–water partition coefficient (Wildman–Crippen LogP) is 4.59. The van der Waals surface area contributed by atoms with E-state index in [4.69, 9.17) is 4.43 Å². The zero-order valence-corrected chi connectivity index (χ0v) is 12.4. The molecule has 1 nitrogen and oxygen atoms in total. The van der Waals surface area contributed by atoms with Crippen LogP contribution in [0.5, 0.6) is 0 Å². The molecule has 1 aliphatic rings. The van der Waals surface area contributed by atoms with Gasteiger partial charge in [0.15, 0.2) is 8.32 Å². The summed E-state index contributed by atoms with van der Waals surface area (Å²) in [7, 11) is -1.45. The summed E-state index contributed by atoms with van der Waals surface area (Å²) in [5, 5.41) is 0. The first-order valence-electron chi connectivity index (χ1n) is 6.49. The maximum Gasteiger partial charge on any atom is 0.188 e.